The first-order valence-corrected chi connectivity index (χ1v) is 13.3. The molecular formula is C26H35BrN2O6. The van der Waals surface area contributed by atoms with E-state index in [4.69, 9.17) is 9.47 Å². The first kappa shape index (κ1) is 26.1. The average Bonchev–Trinajstić information content (AvgIpc) is 3.38. The highest BCUT2D eigenvalue weighted by molar-refractivity contribution is 9.09. The number of halogens is 1. The molecule has 3 saturated heterocycles. The zero-order valence-corrected chi connectivity index (χ0v) is 22.5. The summed E-state index contributed by atoms with van der Waals surface area (Å²) in [4.78, 5) is 42.3. The van der Waals surface area contributed by atoms with Gasteiger partial charge in [0, 0.05) is 10.5 Å². The lowest BCUT2D eigenvalue weighted by Crippen LogP contribution is -2.56. The van der Waals surface area contributed by atoms with Crippen LogP contribution in [-0.4, -0.2) is 69.6 Å². The van der Waals surface area contributed by atoms with Gasteiger partial charge in [0.05, 0.1) is 37.2 Å². The molecule has 3 aliphatic heterocycles. The predicted molar refractivity (Wildman–Crippen MR) is 134 cm³/mol. The van der Waals surface area contributed by atoms with Gasteiger partial charge in [-0.2, -0.15) is 0 Å². The standard InChI is InChI=1S/C26H35BrN2O6/c1-6-34-25(33)19-20-24(32)29(16(12-30)9-13(2)3)22(26(20)11-17(27)21(19)35-26)23(31)28-18-10-14(4)7-8-15(18)5/h7-8,10,13,16-17,19-22,30H,6,9,11-12H2,1-5H3,(H,28,31)/t16-,17?,19-,20+,21-,22-,26+/m1/s1. The van der Waals surface area contributed by atoms with E-state index in [0.29, 0.717) is 18.5 Å². The molecule has 1 aromatic rings. The van der Waals surface area contributed by atoms with Crippen LogP contribution in [0.2, 0.25) is 0 Å². The van der Waals surface area contributed by atoms with Crippen molar-refractivity contribution in [2.45, 2.75) is 76.1 Å². The minimum Gasteiger partial charge on any atom is -0.466 e. The van der Waals surface area contributed by atoms with Crippen LogP contribution in [0.4, 0.5) is 5.69 Å². The molecule has 4 rings (SSSR count). The summed E-state index contributed by atoms with van der Waals surface area (Å²) in [6.45, 7) is 9.49. The average molecular weight is 551 g/mol. The lowest BCUT2D eigenvalue weighted by atomic mass is 9.70. The number of rotatable bonds is 8. The molecule has 9 heteroatoms. The van der Waals surface area contributed by atoms with Gasteiger partial charge < -0.3 is 24.8 Å². The lowest BCUT2D eigenvalue weighted by Gasteiger charge is -2.37. The van der Waals surface area contributed by atoms with E-state index in [1.807, 2.05) is 45.9 Å². The van der Waals surface area contributed by atoms with Crippen molar-refractivity contribution in [3.63, 3.8) is 0 Å². The van der Waals surface area contributed by atoms with E-state index in [1.54, 1.807) is 6.92 Å². The number of carbonyl (C=O) groups is 3. The second kappa shape index (κ2) is 9.82. The third kappa shape index (κ3) is 4.29. The Morgan fingerprint density at radius 1 is 1.34 bits per heavy atom. The van der Waals surface area contributed by atoms with Crippen LogP contribution in [0.3, 0.4) is 0 Å². The van der Waals surface area contributed by atoms with Crippen molar-refractivity contribution in [1.82, 2.24) is 4.90 Å². The largest absolute Gasteiger partial charge is 0.466 e. The molecule has 1 aromatic carbocycles. The predicted octanol–water partition coefficient (Wildman–Crippen LogP) is 2.96. The summed E-state index contributed by atoms with van der Waals surface area (Å²) < 4.78 is 11.8. The highest BCUT2D eigenvalue weighted by atomic mass is 79.9. The van der Waals surface area contributed by atoms with Gasteiger partial charge >= 0.3 is 5.97 Å². The molecule has 3 fully saturated rings. The third-order valence-electron chi connectivity index (χ3n) is 7.53. The van der Waals surface area contributed by atoms with Crippen LogP contribution in [-0.2, 0) is 23.9 Å². The summed E-state index contributed by atoms with van der Waals surface area (Å²) in [5, 5.41) is 13.3. The Morgan fingerprint density at radius 3 is 2.69 bits per heavy atom. The molecule has 192 valence electrons. The normalized spacial score (nSPS) is 32.2. The molecule has 2 N–H and O–H groups in total. The number of benzene rings is 1. The van der Waals surface area contributed by atoms with Gasteiger partial charge in [-0.15, -0.1) is 0 Å². The van der Waals surface area contributed by atoms with Crippen LogP contribution in [0.5, 0.6) is 0 Å². The number of fused-ring (bicyclic) bond motifs is 1. The van der Waals surface area contributed by atoms with Crippen LogP contribution in [0.1, 0.15) is 44.7 Å². The second-order valence-corrected chi connectivity index (χ2v) is 11.6. The molecule has 1 spiro atoms. The molecule has 2 bridgehead atoms. The summed E-state index contributed by atoms with van der Waals surface area (Å²) >= 11 is 3.64. The van der Waals surface area contributed by atoms with E-state index in [9.17, 15) is 19.5 Å². The van der Waals surface area contributed by atoms with Crippen molar-refractivity contribution < 1.29 is 29.0 Å². The molecule has 0 aliphatic carbocycles. The Labute approximate surface area is 214 Å². The molecule has 1 unspecified atom stereocenters. The van der Waals surface area contributed by atoms with Crippen molar-refractivity contribution in [3.05, 3.63) is 29.3 Å². The van der Waals surface area contributed by atoms with Gasteiger partial charge in [0.2, 0.25) is 11.8 Å². The van der Waals surface area contributed by atoms with Crippen molar-refractivity contribution in [3.8, 4) is 0 Å². The number of aliphatic hydroxyl groups excluding tert-OH is 1. The molecule has 35 heavy (non-hydrogen) atoms. The van der Waals surface area contributed by atoms with Crippen LogP contribution in [0.15, 0.2) is 18.2 Å². The Kier molecular flexibility index (Phi) is 7.33. The molecule has 7 atom stereocenters. The Bertz CT molecular complexity index is 1020. The van der Waals surface area contributed by atoms with E-state index in [-0.39, 0.29) is 35.8 Å². The second-order valence-electron chi connectivity index (χ2n) is 10.4. The number of esters is 1. The molecule has 3 aliphatic rings. The fraction of sp³-hybridized carbons (Fsp3) is 0.654. The highest BCUT2D eigenvalue weighted by Crippen LogP contribution is 2.60. The van der Waals surface area contributed by atoms with E-state index < -0.39 is 41.6 Å². The van der Waals surface area contributed by atoms with Gasteiger partial charge in [-0.3, -0.25) is 14.4 Å². The topological polar surface area (TPSA) is 105 Å². The number of hydrogen-bond donors (Lipinski definition) is 2. The van der Waals surface area contributed by atoms with E-state index in [0.717, 1.165) is 11.1 Å². The maximum atomic E-state index is 14.0. The van der Waals surface area contributed by atoms with Crippen molar-refractivity contribution in [2.75, 3.05) is 18.5 Å². The summed E-state index contributed by atoms with van der Waals surface area (Å²) in [5.74, 6) is -2.65. The van der Waals surface area contributed by atoms with Gasteiger partial charge in [0.25, 0.3) is 0 Å². The van der Waals surface area contributed by atoms with Gasteiger partial charge in [-0.25, -0.2) is 0 Å². The highest BCUT2D eigenvalue weighted by Gasteiger charge is 2.77. The minimum absolute atomic E-state index is 0.183. The fourth-order valence-electron chi connectivity index (χ4n) is 6.16. The molecule has 2 amide bonds. The van der Waals surface area contributed by atoms with Gasteiger partial charge in [0.1, 0.15) is 11.6 Å². The third-order valence-corrected chi connectivity index (χ3v) is 8.38. The summed E-state index contributed by atoms with van der Waals surface area (Å²) in [6, 6.07) is 4.23. The number of aryl methyl sites for hydroxylation is 2. The summed E-state index contributed by atoms with van der Waals surface area (Å²) in [6.07, 6.45) is 0.369. The van der Waals surface area contributed by atoms with Crippen molar-refractivity contribution in [1.29, 1.82) is 0 Å². The molecule has 8 nitrogen and oxygen atoms in total. The smallest absolute Gasteiger partial charge is 0.312 e. The van der Waals surface area contributed by atoms with Crippen molar-refractivity contribution >= 4 is 39.4 Å². The first-order chi connectivity index (χ1) is 16.5. The molecule has 0 radical (unpaired) electrons. The maximum absolute atomic E-state index is 14.0. The molecule has 0 aromatic heterocycles. The Balaban J connectivity index is 1.79. The fourth-order valence-corrected chi connectivity index (χ4v) is 7.10. The summed E-state index contributed by atoms with van der Waals surface area (Å²) in [7, 11) is 0. The monoisotopic (exact) mass is 550 g/mol. The number of likely N-dealkylation sites (tertiary alicyclic amines) is 1. The van der Waals surface area contributed by atoms with E-state index >= 15 is 0 Å². The molecule has 0 saturated carbocycles. The number of anilines is 1. The Morgan fingerprint density at radius 2 is 2.06 bits per heavy atom. The number of nitrogens with zero attached hydrogens (tertiary/aromatic N) is 1. The number of amides is 2. The molecule has 3 heterocycles. The van der Waals surface area contributed by atoms with Crippen LogP contribution >= 0.6 is 15.9 Å². The van der Waals surface area contributed by atoms with Crippen LogP contribution in [0.25, 0.3) is 0 Å². The van der Waals surface area contributed by atoms with Crippen LogP contribution < -0.4 is 5.32 Å². The number of ether oxygens (including phenoxy) is 2. The zero-order chi connectivity index (χ0) is 25.7. The zero-order valence-electron chi connectivity index (χ0n) is 20.9. The lowest BCUT2D eigenvalue weighted by molar-refractivity contribution is -0.155. The van der Waals surface area contributed by atoms with E-state index in [2.05, 4.69) is 21.2 Å². The quantitative estimate of drug-likeness (QED) is 0.381. The molecular weight excluding hydrogens is 516 g/mol. The van der Waals surface area contributed by atoms with Crippen molar-refractivity contribution in [2.24, 2.45) is 17.8 Å². The van der Waals surface area contributed by atoms with Gasteiger partial charge in [0.15, 0.2) is 0 Å². The summed E-state index contributed by atoms with van der Waals surface area (Å²) in [5.41, 5.74) is 1.38. The van der Waals surface area contributed by atoms with E-state index in [1.165, 1.54) is 4.90 Å². The minimum atomic E-state index is -1.18. The van der Waals surface area contributed by atoms with Crippen LogP contribution in [0, 0.1) is 31.6 Å². The number of hydrogen-bond acceptors (Lipinski definition) is 6. The number of alkyl halides is 1. The number of nitrogens with one attached hydrogen (secondary N) is 1. The SMILES string of the molecule is CCOC(=O)[C@H]1[C@@H]2O[C@@]3(CC2Br)[C@@H]1C(=O)N([C@@H](CO)CC(C)C)[C@@H]3C(=O)Nc1cc(C)ccc1C. The Hall–Kier alpha value is -1.97. The first-order valence-electron chi connectivity index (χ1n) is 12.3. The van der Waals surface area contributed by atoms with Gasteiger partial charge in [-0.05, 0) is 56.7 Å². The van der Waals surface area contributed by atoms with Gasteiger partial charge in [-0.1, -0.05) is 41.9 Å². The number of carbonyl (C=O) groups excluding carboxylic acids is 3. The maximum Gasteiger partial charge on any atom is 0.312 e. The number of aliphatic hydroxyl groups is 1.